The molecule has 0 bridgehead atoms. The van der Waals surface area contributed by atoms with Crippen LogP contribution in [0, 0.1) is 0 Å². The number of halogens is 2. The predicted molar refractivity (Wildman–Crippen MR) is 122 cm³/mol. The Bertz CT molecular complexity index is 1090. The minimum atomic E-state index is -0.326. The minimum absolute atomic E-state index is 0.326. The van der Waals surface area contributed by atoms with Gasteiger partial charge in [-0.1, -0.05) is 35.3 Å². The molecular formula is C22H21Cl2N3O4. The summed E-state index contributed by atoms with van der Waals surface area (Å²) in [6, 6.07) is 10.6. The van der Waals surface area contributed by atoms with Crippen molar-refractivity contribution in [3.63, 3.8) is 0 Å². The van der Waals surface area contributed by atoms with Gasteiger partial charge >= 0.3 is 0 Å². The molecule has 1 amide bonds. The number of rotatable bonds is 8. The van der Waals surface area contributed by atoms with Gasteiger partial charge in [-0.15, -0.1) is 0 Å². The van der Waals surface area contributed by atoms with Crippen molar-refractivity contribution < 1.29 is 19.0 Å². The van der Waals surface area contributed by atoms with Crippen LogP contribution in [-0.2, 0) is 11.3 Å². The lowest BCUT2D eigenvalue weighted by Gasteiger charge is -2.12. The molecule has 0 saturated heterocycles. The van der Waals surface area contributed by atoms with E-state index in [0.29, 0.717) is 45.2 Å². The van der Waals surface area contributed by atoms with Crippen LogP contribution in [0.5, 0.6) is 17.2 Å². The second-order valence-corrected chi connectivity index (χ2v) is 7.15. The molecule has 1 aromatic heterocycles. The molecule has 7 nitrogen and oxygen atoms in total. The summed E-state index contributed by atoms with van der Waals surface area (Å²) in [7, 11) is 4.60. The average Bonchev–Trinajstić information content (AvgIpc) is 3.20. The van der Waals surface area contributed by atoms with Crippen molar-refractivity contribution in [1.82, 2.24) is 9.78 Å². The fourth-order valence-electron chi connectivity index (χ4n) is 2.93. The van der Waals surface area contributed by atoms with Crippen molar-refractivity contribution >= 4 is 41.0 Å². The number of amides is 1. The first kappa shape index (κ1) is 22.5. The first-order valence-corrected chi connectivity index (χ1v) is 9.96. The first-order chi connectivity index (χ1) is 15.0. The summed E-state index contributed by atoms with van der Waals surface area (Å²) in [4.78, 5) is 12.5. The van der Waals surface area contributed by atoms with Gasteiger partial charge in [0, 0.05) is 12.1 Å². The number of ether oxygens (including phenoxy) is 3. The van der Waals surface area contributed by atoms with Gasteiger partial charge < -0.3 is 19.5 Å². The van der Waals surface area contributed by atoms with Crippen LogP contribution in [0.2, 0.25) is 10.0 Å². The fourth-order valence-corrected chi connectivity index (χ4v) is 3.31. The number of anilines is 1. The van der Waals surface area contributed by atoms with E-state index in [1.165, 1.54) is 27.4 Å². The van der Waals surface area contributed by atoms with E-state index in [-0.39, 0.29) is 5.91 Å². The standard InChI is InChI=1S/C22H21Cl2N3O4/c1-29-17-11-14(12-18(30-2)22(17)31-3)7-8-20(28)26-19-9-10-25-27(19)13-15-5-4-6-16(23)21(15)24/h4-12H,13H2,1-3H3,(H,26,28)/b8-7+. The Hall–Kier alpha value is -3.16. The van der Waals surface area contributed by atoms with Gasteiger partial charge in [0.05, 0.1) is 44.1 Å². The van der Waals surface area contributed by atoms with Gasteiger partial charge in [-0.25, -0.2) is 4.68 Å². The molecular weight excluding hydrogens is 441 g/mol. The molecule has 0 saturated carbocycles. The zero-order chi connectivity index (χ0) is 22.4. The normalized spacial score (nSPS) is 10.9. The highest BCUT2D eigenvalue weighted by Gasteiger charge is 2.13. The molecule has 2 aromatic carbocycles. The fraction of sp³-hybridized carbons (Fsp3) is 0.182. The van der Waals surface area contributed by atoms with E-state index in [9.17, 15) is 4.79 Å². The molecule has 0 radical (unpaired) electrons. The zero-order valence-corrected chi connectivity index (χ0v) is 18.7. The number of benzene rings is 2. The van der Waals surface area contributed by atoms with E-state index in [0.717, 1.165) is 5.56 Å². The summed E-state index contributed by atoms with van der Waals surface area (Å²) in [5.41, 5.74) is 1.50. The van der Waals surface area contributed by atoms with E-state index in [4.69, 9.17) is 37.4 Å². The summed E-state index contributed by atoms with van der Waals surface area (Å²) in [6.07, 6.45) is 4.65. The average molecular weight is 462 g/mol. The van der Waals surface area contributed by atoms with Gasteiger partial charge in [0.25, 0.3) is 0 Å². The third-order valence-corrected chi connectivity index (χ3v) is 5.29. The number of nitrogens with one attached hydrogen (secondary N) is 1. The first-order valence-electron chi connectivity index (χ1n) is 9.20. The summed E-state index contributed by atoms with van der Waals surface area (Å²) < 4.78 is 17.6. The molecule has 9 heteroatoms. The Morgan fingerprint density at radius 3 is 2.45 bits per heavy atom. The van der Waals surface area contributed by atoms with Crippen LogP contribution in [0.3, 0.4) is 0 Å². The molecule has 0 atom stereocenters. The van der Waals surface area contributed by atoms with Crippen LogP contribution in [0.1, 0.15) is 11.1 Å². The van der Waals surface area contributed by atoms with E-state index >= 15 is 0 Å². The quantitative estimate of drug-likeness (QED) is 0.482. The van der Waals surface area contributed by atoms with Crippen molar-refractivity contribution in [2.75, 3.05) is 26.6 Å². The highest BCUT2D eigenvalue weighted by Crippen LogP contribution is 2.38. The zero-order valence-electron chi connectivity index (χ0n) is 17.2. The summed E-state index contributed by atoms with van der Waals surface area (Å²) in [6.45, 7) is 0.360. The van der Waals surface area contributed by atoms with Crippen LogP contribution in [0.25, 0.3) is 6.08 Å². The lowest BCUT2D eigenvalue weighted by Crippen LogP contribution is -2.14. The summed E-state index contributed by atoms with van der Waals surface area (Å²) >= 11 is 12.3. The molecule has 0 aliphatic carbocycles. The SMILES string of the molecule is COc1cc(/C=C/C(=O)Nc2ccnn2Cc2cccc(Cl)c2Cl)cc(OC)c1OC. The van der Waals surface area contributed by atoms with Gasteiger partial charge in [0.2, 0.25) is 11.7 Å². The number of carbonyl (C=O) groups excluding carboxylic acids is 1. The number of methoxy groups -OCH3 is 3. The third-order valence-electron chi connectivity index (χ3n) is 4.43. The Kier molecular flexibility index (Phi) is 7.44. The molecule has 0 aliphatic rings. The van der Waals surface area contributed by atoms with E-state index in [2.05, 4.69) is 10.4 Å². The molecule has 0 fully saturated rings. The Morgan fingerprint density at radius 2 is 1.81 bits per heavy atom. The van der Waals surface area contributed by atoms with E-state index in [1.54, 1.807) is 41.2 Å². The highest BCUT2D eigenvalue weighted by molar-refractivity contribution is 6.42. The van der Waals surface area contributed by atoms with Crippen molar-refractivity contribution in [1.29, 1.82) is 0 Å². The van der Waals surface area contributed by atoms with Crippen LogP contribution >= 0.6 is 23.2 Å². The van der Waals surface area contributed by atoms with Crippen molar-refractivity contribution in [2.24, 2.45) is 0 Å². The van der Waals surface area contributed by atoms with E-state index in [1.807, 2.05) is 12.1 Å². The third kappa shape index (κ3) is 5.31. The van der Waals surface area contributed by atoms with Crippen molar-refractivity contribution in [3.8, 4) is 17.2 Å². The number of carbonyl (C=O) groups is 1. The number of nitrogens with zero attached hydrogens (tertiary/aromatic N) is 2. The van der Waals surface area contributed by atoms with Crippen LogP contribution in [0.15, 0.2) is 48.7 Å². The molecule has 162 valence electrons. The van der Waals surface area contributed by atoms with Gasteiger partial charge in [0.1, 0.15) is 5.82 Å². The maximum absolute atomic E-state index is 12.5. The van der Waals surface area contributed by atoms with Gasteiger partial charge in [-0.2, -0.15) is 5.10 Å². The second-order valence-electron chi connectivity index (χ2n) is 6.37. The smallest absolute Gasteiger partial charge is 0.249 e. The monoisotopic (exact) mass is 461 g/mol. The Labute approximate surface area is 190 Å². The molecule has 3 rings (SSSR count). The lowest BCUT2D eigenvalue weighted by atomic mass is 10.1. The van der Waals surface area contributed by atoms with Crippen LogP contribution in [-0.4, -0.2) is 37.0 Å². The van der Waals surface area contributed by atoms with Gasteiger partial charge in [-0.3, -0.25) is 4.79 Å². The molecule has 31 heavy (non-hydrogen) atoms. The largest absolute Gasteiger partial charge is 0.493 e. The van der Waals surface area contributed by atoms with Crippen LogP contribution in [0.4, 0.5) is 5.82 Å². The molecule has 0 unspecified atom stereocenters. The Balaban J connectivity index is 1.74. The predicted octanol–water partition coefficient (Wildman–Crippen LogP) is 4.92. The maximum Gasteiger partial charge on any atom is 0.249 e. The van der Waals surface area contributed by atoms with Crippen molar-refractivity contribution in [3.05, 3.63) is 69.8 Å². The highest BCUT2D eigenvalue weighted by atomic mass is 35.5. The number of hydrogen-bond acceptors (Lipinski definition) is 5. The molecule has 1 N–H and O–H groups in total. The topological polar surface area (TPSA) is 74.6 Å². The number of hydrogen-bond donors (Lipinski definition) is 1. The second kappa shape index (κ2) is 10.2. The number of aromatic nitrogens is 2. The van der Waals surface area contributed by atoms with E-state index < -0.39 is 0 Å². The maximum atomic E-state index is 12.5. The van der Waals surface area contributed by atoms with Gasteiger partial charge in [-0.05, 0) is 35.4 Å². The minimum Gasteiger partial charge on any atom is -0.493 e. The van der Waals surface area contributed by atoms with Crippen molar-refractivity contribution in [2.45, 2.75) is 6.54 Å². The molecule has 3 aromatic rings. The molecule has 0 spiro atoms. The lowest BCUT2D eigenvalue weighted by molar-refractivity contribution is -0.111. The van der Waals surface area contributed by atoms with Gasteiger partial charge in [0.15, 0.2) is 11.5 Å². The summed E-state index contributed by atoms with van der Waals surface area (Å²) in [5.74, 6) is 1.68. The molecule has 0 aliphatic heterocycles. The van der Waals surface area contributed by atoms with Crippen LogP contribution < -0.4 is 19.5 Å². The Morgan fingerprint density at radius 1 is 1.10 bits per heavy atom. The molecule has 1 heterocycles. The summed E-state index contributed by atoms with van der Waals surface area (Å²) in [5, 5.41) is 7.97.